The van der Waals surface area contributed by atoms with E-state index in [0.717, 1.165) is 11.3 Å². The zero-order chi connectivity index (χ0) is 18.5. The summed E-state index contributed by atoms with van der Waals surface area (Å²) in [5.41, 5.74) is 2.57. The molecule has 134 valence electrons. The standard InChI is InChI=1S/C18H19N5O2S/c1-12-8-4-6-10-15(12)23-18(20-21-22-23)26-13(2)17(24)19-14-9-5-7-11-16(14)25-3/h4-11,13H,1-3H3,(H,19,24)/t13-/m0/s1. The van der Waals surface area contributed by atoms with Crippen LogP contribution in [-0.2, 0) is 4.79 Å². The average molecular weight is 369 g/mol. The molecular weight excluding hydrogens is 350 g/mol. The molecule has 0 radical (unpaired) electrons. The van der Waals surface area contributed by atoms with Crippen LogP contribution in [-0.4, -0.2) is 38.5 Å². The quantitative estimate of drug-likeness (QED) is 0.673. The Labute approximate surface area is 155 Å². The Balaban J connectivity index is 1.75. The predicted octanol–water partition coefficient (Wildman–Crippen LogP) is 3.10. The van der Waals surface area contributed by atoms with Crippen molar-refractivity contribution in [3.8, 4) is 11.4 Å². The van der Waals surface area contributed by atoms with Crippen LogP contribution in [0.1, 0.15) is 12.5 Å². The highest BCUT2D eigenvalue weighted by Crippen LogP contribution is 2.27. The minimum atomic E-state index is -0.395. The van der Waals surface area contributed by atoms with E-state index >= 15 is 0 Å². The van der Waals surface area contributed by atoms with Crippen molar-refractivity contribution in [2.75, 3.05) is 12.4 Å². The number of amides is 1. The summed E-state index contributed by atoms with van der Waals surface area (Å²) < 4.78 is 6.91. The summed E-state index contributed by atoms with van der Waals surface area (Å²) in [6, 6.07) is 15.1. The molecule has 3 rings (SSSR count). The van der Waals surface area contributed by atoms with Crippen LogP contribution >= 0.6 is 11.8 Å². The molecule has 1 amide bonds. The van der Waals surface area contributed by atoms with E-state index in [4.69, 9.17) is 4.74 Å². The maximum atomic E-state index is 12.6. The summed E-state index contributed by atoms with van der Waals surface area (Å²) in [6.45, 7) is 3.80. The molecule has 0 unspecified atom stereocenters. The number of aromatic nitrogens is 4. The predicted molar refractivity (Wildman–Crippen MR) is 101 cm³/mol. The molecule has 1 N–H and O–H groups in total. The first-order chi connectivity index (χ1) is 12.6. The van der Waals surface area contributed by atoms with Crippen molar-refractivity contribution >= 4 is 23.4 Å². The number of hydrogen-bond acceptors (Lipinski definition) is 6. The number of methoxy groups -OCH3 is 1. The number of carbonyl (C=O) groups excluding carboxylic acids is 1. The number of rotatable bonds is 6. The highest BCUT2D eigenvalue weighted by atomic mass is 32.2. The van der Waals surface area contributed by atoms with Gasteiger partial charge in [-0.1, -0.05) is 42.1 Å². The van der Waals surface area contributed by atoms with E-state index in [-0.39, 0.29) is 5.91 Å². The number of aryl methyl sites for hydroxylation is 1. The van der Waals surface area contributed by atoms with Gasteiger partial charge in [0.25, 0.3) is 0 Å². The number of para-hydroxylation sites is 3. The minimum absolute atomic E-state index is 0.154. The van der Waals surface area contributed by atoms with Crippen LogP contribution in [0.5, 0.6) is 5.75 Å². The minimum Gasteiger partial charge on any atom is -0.495 e. The van der Waals surface area contributed by atoms with Crippen LogP contribution in [0.2, 0.25) is 0 Å². The van der Waals surface area contributed by atoms with Crippen molar-refractivity contribution < 1.29 is 9.53 Å². The van der Waals surface area contributed by atoms with Gasteiger partial charge in [-0.05, 0) is 48.0 Å². The molecule has 0 aliphatic heterocycles. The number of anilines is 1. The Morgan fingerprint density at radius 1 is 1.19 bits per heavy atom. The first-order valence-corrected chi connectivity index (χ1v) is 8.93. The molecule has 0 spiro atoms. The summed E-state index contributed by atoms with van der Waals surface area (Å²) in [6.07, 6.45) is 0. The topological polar surface area (TPSA) is 81.9 Å². The van der Waals surface area contributed by atoms with Gasteiger partial charge in [-0.2, -0.15) is 4.68 Å². The van der Waals surface area contributed by atoms with Crippen molar-refractivity contribution in [2.24, 2.45) is 0 Å². The molecule has 1 heterocycles. The van der Waals surface area contributed by atoms with E-state index < -0.39 is 5.25 Å². The number of ether oxygens (including phenoxy) is 1. The number of nitrogens with one attached hydrogen (secondary N) is 1. The molecule has 8 heteroatoms. The van der Waals surface area contributed by atoms with Crippen LogP contribution in [0.3, 0.4) is 0 Å². The maximum absolute atomic E-state index is 12.6. The van der Waals surface area contributed by atoms with E-state index in [9.17, 15) is 4.79 Å². The third kappa shape index (κ3) is 3.85. The number of tetrazole rings is 1. The lowest BCUT2D eigenvalue weighted by atomic mass is 10.2. The van der Waals surface area contributed by atoms with Crippen molar-refractivity contribution in [2.45, 2.75) is 24.3 Å². The summed E-state index contributed by atoms with van der Waals surface area (Å²) in [7, 11) is 1.57. The third-order valence-corrected chi connectivity index (χ3v) is 4.83. The van der Waals surface area contributed by atoms with E-state index in [1.807, 2.05) is 50.2 Å². The molecule has 0 aliphatic rings. The number of nitrogens with zero attached hydrogens (tertiary/aromatic N) is 4. The number of benzene rings is 2. The number of thioether (sulfide) groups is 1. The Bertz CT molecular complexity index is 912. The first kappa shape index (κ1) is 17.9. The summed E-state index contributed by atoms with van der Waals surface area (Å²) in [5.74, 6) is 0.460. The van der Waals surface area contributed by atoms with E-state index in [1.165, 1.54) is 11.8 Å². The summed E-state index contributed by atoms with van der Waals surface area (Å²) >= 11 is 1.30. The Kier molecular flexibility index (Phi) is 5.52. The van der Waals surface area contributed by atoms with Crippen LogP contribution in [0, 0.1) is 6.92 Å². The highest BCUT2D eigenvalue weighted by Gasteiger charge is 2.20. The van der Waals surface area contributed by atoms with E-state index in [0.29, 0.717) is 16.6 Å². The Morgan fingerprint density at radius 3 is 2.69 bits per heavy atom. The van der Waals surface area contributed by atoms with Crippen molar-refractivity contribution in [1.82, 2.24) is 20.2 Å². The van der Waals surface area contributed by atoms with Gasteiger partial charge >= 0.3 is 0 Å². The molecule has 0 bridgehead atoms. The van der Waals surface area contributed by atoms with E-state index in [2.05, 4.69) is 20.8 Å². The van der Waals surface area contributed by atoms with Crippen molar-refractivity contribution in [3.05, 3.63) is 54.1 Å². The molecule has 2 aromatic carbocycles. The van der Waals surface area contributed by atoms with Crippen molar-refractivity contribution in [1.29, 1.82) is 0 Å². The van der Waals surface area contributed by atoms with Gasteiger partial charge in [0.2, 0.25) is 11.1 Å². The fraction of sp³-hybridized carbons (Fsp3) is 0.222. The van der Waals surface area contributed by atoms with Gasteiger partial charge in [0.15, 0.2) is 0 Å². The Hall–Kier alpha value is -2.87. The fourth-order valence-corrected chi connectivity index (χ4v) is 3.20. The molecule has 1 aromatic heterocycles. The largest absolute Gasteiger partial charge is 0.495 e. The zero-order valence-electron chi connectivity index (χ0n) is 14.7. The third-order valence-electron chi connectivity index (χ3n) is 3.80. The van der Waals surface area contributed by atoms with Gasteiger partial charge in [0.05, 0.1) is 23.7 Å². The monoisotopic (exact) mass is 369 g/mol. The first-order valence-electron chi connectivity index (χ1n) is 8.05. The second kappa shape index (κ2) is 8.01. The second-order valence-corrected chi connectivity index (χ2v) is 6.92. The number of carbonyl (C=O) groups is 1. The van der Waals surface area contributed by atoms with Crippen molar-refractivity contribution in [3.63, 3.8) is 0 Å². The lowest BCUT2D eigenvalue weighted by Crippen LogP contribution is -2.23. The molecular formula is C18H19N5O2S. The molecule has 1 atom stereocenters. The molecule has 0 saturated carbocycles. The highest BCUT2D eigenvalue weighted by molar-refractivity contribution is 8.00. The molecule has 7 nitrogen and oxygen atoms in total. The van der Waals surface area contributed by atoms with Gasteiger partial charge < -0.3 is 10.1 Å². The fourth-order valence-electron chi connectivity index (χ4n) is 2.40. The SMILES string of the molecule is COc1ccccc1NC(=O)[C@H](C)Sc1nnnn1-c1ccccc1C. The smallest absolute Gasteiger partial charge is 0.237 e. The van der Waals surface area contributed by atoms with Gasteiger partial charge in [-0.25, -0.2) is 0 Å². The lowest BCUT2D eigenvalue weighted by Gasteiger charge is -2.14. The summed E-state index contributed by atoms with van der Waals surface area (Å²) in [5, 5.41) is 14.9. The maximum Gasteiger partial charge on any atom is 0.237 e. The molecule has 0 saturated heterocycles. The van der Waals surface area contributed by atoms with Gasteiger partial charge in [0.1, 0.15) is 5.75 Å². The normalized spacial score (nSPS) is 11.8. The van der Waals surface area contributed by atoms with Crippen LogP contribution < -0.4 is 10.1 Å². The van der Waals surface area contributed by atoms with Gasteiger partial charge in [-0.15, -0.1) is 5.10 Å². The Morgan fingerprint density at radius 2 is 1.92 bits per heavy atom. The van der Waals surface area contributed by atoms with Crippen LogP contribution in [0.4, 0.5) is 5.69 Å². The van der Waals surface area contributed by atoms with Crippen LogP contribution in [0.25, 0.3) is 5.69 Å². The van der Waals surface area contributed by atoms with Gasteiger partial charge in [0, 0.05) is 0 Å². The zero-order valence-corrected chi connectivity index (χ0v) is 15.5. The molecule has 0 fully saturated rings. The van der Waals surface area contributed by atoms with Gasteiger partial charge in [-0.3, -0.25) is 4.79 Å². The molecule has 26 heavy (non-hydrogen) atoms. The number of hydrogen-bond donors (Lipinski definition) is 1. The van der Waals surface area contributed by atoms with E-state index in [1.54, 1.807) is 23.9 Å². The van der Waals surface area contributed by atoms with Crippen LogP contribution in [0.15, 0.2) is 53.7 Å². The summed E-state index contributed by atoms with van der Waals surface area (Å²) in [4.78, 5) is 12.6. The second-order valence-electron chi connectivity index (χ2n) is 5.61. The average Bonchev–Trinajstić information content (AvgIpc) is 3.10. The molecule has 3 aromatic rings. The molecule has 0 aliphatic carbocycles. The lowest BCUT2D eigenvalue weighted by molar-refractivity contribution is -0.115.